The van der Waals surface area contributed by atoms with Gasteiger partial charge in [0.2, 0.25) is 0 Å². The van der Waals surface area contributed by atoms with E-state index < -0.39 is 17.6 Å². The van der Waals surface area contributed by atoms with Crippen molar-refractivity contribution in [1.82, 2.24) is 9.47 Å². The molecule has 0 aliphatic carbocycles. The minimum Gasteiger partial charge on any atom is -0.490 e. The number of carbonyl (C=O) groups is 1. The second-order valence-corrected chi connectivity index (χ2v) is 8.35. The number of hydrogen-bond acceptors (Lipinski definition) is 6. The van der Waals surface area contributed by atoms with Gasteiger partial charge in [-0.1, -0.05) is 12.1 Å². The molecule has 178 valence electrons. The van der Waals surface area contributed by atoms with Gasteiger partial charge in [-0.3, -0.25) is 9.69 Å². The first-order valence-electron chi connectivity index (χ1n) is 11.2. The highest BCUT2D eigenvalue weighted by molar-refractivity contribution is 5.93. The van der Waals surface area contributed by atoms with Crippen LogP contribution in [-0.4, -0.2) is 55.0 Å². The molecule has 0 radical (unpaired) electrons. The summed E-state index contributed by atoms with van der Waals surface area (Å²) in [6.07, 6.45) is 3.20. The van der Waals surface area contributed by atoms with Crippen molar-refractivity contribution in [2.45, 2.75) is 44.9 Å². The highest BCUT2D eigenvalue weighted by Crippen LogP contribution is 2.26. The first-order valence-corrected chi connectivity index (χ1v) is 11.2. The summed E-state index contributed by atoms with van der Waals surface area (Å²) >= 11 is 0. The second-order valence-electron chi connectivity index (χ2n) is 8.35. The highest BCUT2D eigenvalue weighted by Gasteiger charge is 2.27. The van der Waals surface area contributed by atoms with Crippen LogP contribution in [0.15, 0.2) is 29.1 Å². The van der Waals surface area contributed by atoms with Crippen LogP contribution in [0.3, 0.4) is 0 Å². The first-order chi connectivity index (χ1) is 16.0. The first kappa shape index (κ1) is 23.4. The van der Waals surface area contributed by atoms with E-state index in [0.717, 1.165) is 25.3 Å². The van der Waals surface area contributed by atoms with Crippen LogP contribution in [0.1, 0.15) is 40.9 Å². The van der Waals surface area contributed by atoms with Gasteiger partial charge >= 0.3 is 5.97 Å². The summed E-state index contributed by atoms with van der Waals surface area (Å²) in [4.78, 5) is 27.5. The SMILES string of the molecule is COC(=O)c1c(OC[C@@H]2CCCCO2)cc(=O)n2c1CCN(Cc1cccc(F)c1F)CC2. The normalized spacial score (nSPS) is 18.9. The summed E-state index contributed by atoms with van der Waals surface area (Å²) in [7, 11) is 1.29. The molecule has 7 nitrogen and oxygen atoms in total. The van der Waals surface area contributed by atoms with E-state index in [1.54, 1.807) is 6.07 Å². The second kappa shape index (κ2) is 10.4. The topological polar surface area (TPSA) is 70.0 Å². The lowest BCUT2D eigenvalue weighted by molar-refractivity contribution is -0.0114. The molecule has 2 aliphatic heterocycles. The van der Waals surface area contributed by atoms with Gasteiger partial charge in [-0.15, -0.1) is 0 Å². The predicted octanol–water partition coefficient (Wildman–Crippen LogP) is 2.92. The van der Waals surface area contributed by atoms with Gasteiger partial charge < -0.3 is 18.8 Å². The molecule has 1 atom stereocenters. The fraction of sp³-hybridized carbons (Fsp3) is 0.500. The van der Waals surface area contributed by atoms with Crippen molar-refractivity contribution < 1.29 is 27.8 Å². The molecule has 0 unspecified atom stereocenters. The third kappa shape index (κ3) is 5.25. The van der Waals surface area contributed by atoms with Crippen LogP contribution in [0.2, 0.25) is 0 Å². The number of aromatic nitrogens is 1. The Morgan fingerprint density at radius 2 is 2.06 bits per heavy atom. The number of ether oxygens (including phenoxy) is 3. The molecular formula is C24H28F2N2O5. The molecule has 4 rings (SSSR count). The molecule has 1 aromatic carbocycles. The van der Waals surface area contributed by atoms with Crippen LogP contribution in [0.25, 0.3) is 0 Å². The Labute approximate surface area is 190 Å². The van der Waals surface area contributed by atoms with E-state index in [0.29, 0.717) is 38.4 Å². The van der Waals surface area contributed by atoms with E-state index in [2.05, 4.69) is 0 Å². The van der Waals surface area contributed by atoms with E-state index in [1.165, 1.54) is 23.8 Å². The van der Waals surface area contributed by atoms with Crippen molar-refractivity contribution in [3.05, 3.63) is 63.1 Å². The van der Waals surface area contributed by atoms with Crippen LogP contribution < -0.4 is 10.3 Å². The lowest BCUT2D eigenvalue weighted by atomic mass is 10.1. The maximum absolute atomic E-state index is 14.1. The number of fused-ring (bicyclic) bond motifs is 1. The van der Waals surface area contributed by atoms with Crippen molar-refractivity contribution in [1.29, 1.82) is 0 Å². The van der Waals surface area contributed by atoms with Crippen molar-refractivity contribution in [2.24, 2.45) is 0 Å². The van der Waals surface area contributed by atoms with Gasteiger partial charge in [-0.05, 0) is 25.3 Å². The third-order valence-electron chi connectivity index (χ3n) is 6.20. The van der Waals surface area contributed by atoms with Crippen LogP contribution in [0.4, 0.5) is 8.78 Å². The van der Waals surface area contributed by atoms with Crippen LogP contribution in [0, 0.1) is 11.6 Å². The van der Waals surface area contributed by atoms with Crippen molar-refractivity contribution in [3.8, 4) is 5.75 Å². The quantitative estimate of drug-likeness (QED) is 0.615. The fourth-order valence-electron chi connectivity index (χ4n) is 4.42. The van der Waals surface area contributed by atoms with Gasteiger partial charge in [-0.2, -0.15) is 0 Å². The molecule has 0 spiro atoms. The Morgan fingerprint density at radius 3 is 2.82 bits per heavy atom. The molecular weight excluding hydrogens is 434 g/mol. The third-order valence-corrected chi connectivity index (χ3v) is 6.20. The number of methoxy groups -OCH3 is 1. The fourth-order valence-corrected chi connectivity index (χ4v) is 4.42. The Hall–Kier alpha value is -2.78. The van der Waals surface area contributed by atoms with Gasteiger partial charge in [0.1, 0.15) is 17.9 Å². The zero-order valence-corrected chi connectivity index (χ0v) is 18.6. The molecule has 33 heavy (non-hydrogen) atoms. The van der Waals surface area contributed by atoms with E-state index >= 15 is 0 Å². The minimum atomic E-state index is -0.890. The molecule has 3 heterocycles. The Kier molecular flexibility index (Phi) is 7.39. The number of hydrogen-bond donors (Lipinski definition) is 0. The molecule has 2 aromatic rings. The zero-order chi connectivity index (χ0) is 23.4. The largest absolute Gasteiger partial charge is 0.490 e. The summed E-state index contributed by atoms with van der Waals surface area (Å²) in [5.74, 6) is -2.15. The lowest BCUT2D eigenvalue weighted by Gasteiger charge is -2.24. The number of rotatable bonds is 6. The smallest absolute Gasteiger partial charge is 0.343 e. The highest BCUT2D eigenvalue weighted by atomic mass is 19.2. The van der Waals surface area contributed by atoms with Crippen LogP contribution >= 0.6 is 0 Å². The molecule has 1 saturated heterocycles. The number of nitrogens with zero attached hydrogens (tertiary/aromatic N) is 2. The van der Waals surface area contributed by atoms with Gasteiger partial charge in [-0.25, -0.2) is 13.6 Å². The molecule has 0 amide bonds. The maximum atomic E-state index is 14.1. The summed E-state index contributed by atoms with van der Waals surface area (Å²) in [6, 6.07) is 5.42. The summed E-state index contributed by atoms with van der Waals surface area (Å²) in [5, 5.41) is 0. The molecule has 1 fully saturated rings. The van der Waals surface area contributed by atoms with E-state index in [9.17, 15) is 18.4 Å². The van der Waals surface area contributed by atoms with E-state index in [4.69, 9.17) is 14.2 Å². The van der Waals surface area contributed by atoms with Crippen molar-refractivity contribution >= 4 is 5.97 Å². The van der Waals surface area contributed by atoms with Gasteiger partial charge in [0, 0.05) is 56.5 Å². The summed E-state index contributed by atoms with van der Waals surface area (Å²) < 4.78 is 45.9. The van der Waals surface area contributed by atoms with Crippen LogP contribution in [-0.2, 0) is 29.0 Å². The van der Waals surface area contributed by atoms with Gasteiger partial charge in [0.05, 0.1) is 13.2 Å². The van der Waals surface area contributed by atoms with Gasteiger partial charge in [0.25, 0.3) is 5.56 Å². The lowest BCUT2D eigenvalue weighted by Crippen LogP contribution is -2.30. The predicted molar refractivity (Wildman–Crippen MR) is 116 cm³/mol. The van der Waals surface area contributed by atoms with E-state index in [1.807, 2.05) is 4.90 Å². The molecule has 2 aliphatic rings. The standard InChI is InChI=1S/C24H28F2N2O5/c1-31-24(30)22-19-8-9-27(14-16-5-4-7-18(25)23(16)26)10-11-28(19)21(29)13-20(22)33-15-17-6-2-3-12-32-17/h4-5,7,13,17H,2-3,6,8-12,14-15H2,1H3/t17-/m0/s1. The minimum absolute atomic E-state index is 0.0810. The summed E-state index contributed by atoms with van der Waals surface area (Å²) in [5.41, 5.74) is 0.719. The molecule has 0 N–H and O–H groups in total. The Morgan fingerprint density at radius 1 is 1.21 bits per heavy atom. The number of esters is 1. The number of pyridine rings is 1. The van der Waals surface area contributed by atoms with Crippen molar-refractivity contribution in [2.75, 3.05) is 33.4 Å². The zero-order valence-electron chi connectivity index (χ0n) is 18.6. The molecule has 0 bridgehead atoms. The van der Waals surface area contributed by atoms with Crippen molar-refractivity contribution in [3.63, 3.8) is 0 Å². The molecule has 0 saturated carbocycles. The molecule has 9 heteroatoms. The average molecular weight is 462 g/mol. The Bertz CT molecular complexity index is 1070. The maximum Gasteiger partial charge on any atom is 0.343 e. The van der Waals surface area contributed by atoms with E-state index in [-0.39, 0.29) is 41.7 Å². The van der Waals surface area contributed by atoms with Gasteiger partial charge in [0.15, 0.2) is 11.6 Å². The Balaban J connectivity index is 1.57. The number of halogens is 2. The monoisotopic (exact) mass is 462 g/mol. The van der Waals surface area contributed by atoms with Crippen LogP contribution in [0.5, 0.6) is 5.75 Å². The number of carbonyl (C=O) groups excluding carboxylic acids is 1. The summed E-state index contributed by atoms with van der Waals surface area (Å²) in [6.45, 7) is 2.32. The molecule has 1 aromatic heterocycles. The number of benzene rings is 1. The average Bonchev–Trinajstić information content (AvgIpc) is 3.04.